The third kappa shape index (κ3) is 3.22. The van der Waals surface area contributed by atoms with Gasteiger partial charge in [0.2, 0.25) is 0 Å². The summed E-state index contributed by atoms with van der Waals surface area (Å²) in [6, 6.07) is 13.1. The number of benzene rings is 2. The summed E-state index contributed by atoms with van der Waals surface area (Å²) in [6.45, 7) is 0. The minimum absolute atomic E-state index is 0.228. The highest BCUT2D eigenvalue weighted by Gasteiger charge is 2.00. The van der Waals surface area contributed by atoms with E-state index in [0.29, 0.717) is 16.5 Å². The molecule has 0 N–H and O–H groups in total. The van der Waals surface area contributed by atoms with Crippen LogP contribution in [0.5, 0.6) is 11.5 Å². The molecule has 0 saturated carbocycles. The summed E-state index contributed by atoms with van der Waals surface area (Å²) in [7, 11) is -2.59. The van der Waals surface area contributed by atoms with Gasteiger partial charge in [0, 0.05) is 5.02 Å². The number of halogens is 1. The summed E-state index contributed by atoms with van der Waals surface area (Å²) in [6.07, 6.45) is 0. The number of rotatable bonds is 3. The summed E-state index contributed by atoms with van der Waals surface area (Å²) in [5, 5.41) is 0.619. The van der Waals surface area contributed by atoms with Crippen LogP contribution in [0, 0.1) is 0 Å². The number of hydrogen-bond acceptors (Lipinski definition) is 3. The second-order valence-corrected chi connectivity index (χ2v) is 4.78. The molecule has 0 bridgehead atoms. The van der Waals surface area contributed by atoms with E-state index >= 15 is 0 Å². The molecule has 0 fully saturated rings. The fourth-order valence-corrected chi connectivity index (χ4v) is 1.87. The maximum Gasteiger partial charge on any atom is 0.168 e. The molecule has 17 heavy (non-hydrogen) atoms. The van der Waals surface area contributed by atoms with Crippen LogP contribution in [0.2, 0.25) is 5.02 Å². The molecule has 0 aliphatic carbocycles. The first kappa shape index (κ1) is 12.0. The Labute approximate surface area is 106 Å². The van der Waals surface area contributed by atoms with Gasteiger partial charge in [-0.15, -0.1) is 0 Å². The average Bonchev–Trinajstić information content (AvgIpc) is 2.32. The van der Waals surface area contributed by atoms with Gasteiger partial charge in [0.05, 0.1) is 4.90 Å². The van der Waals surface area contributed by atoms with E-state index in [1.165, 1.54) is 12.1 Å². The van der Waals surface area contributed by atoms with Crippen LogP contribution in [0.15, 0.2) is 53.4 Å². The minimum Gasteiger partial charge on any atom is -0.457 e. The van der Waals surface area contributed by atoms with Crippen LogP contribution in [-0.4, -0.2) is 8.42 Å². The summed E-state index contributed by atoms with van der Waals surface area (Å²) in [5.41, 5.74) is 0. The molecule has 5 heteroatoms. The van der Waals surface area contributed by atoms with Crippen molar-refractivity contribution in [3.63, 3.8) is 0 Å². The second-order valence-electron chi connectivity index (χ2n) is 3.31. The third-order valence-electron chi connectivity index (χ3n) is 2.08. The van der Waals surface area contributed by atoms with Gasteiger partial charge in [-0.2, -0.15) is 0 Å². The fourth-order valence-electron chi connectivity index (χ4n) is 1.30. The van der Waals surface area contributed by atoms with Crippen molar-refractivity contribution >= 4 is 22.3 Å². The zero-order valence-electron chi connectivity index (χ0n) is 8.67. The minimum atomic E-state index is -2.59. The molecule has 2 rings (SSSR count). The standard InChI is InChI=1S/C12H9ClO3S/c13-9-4-6-10(7-5-9)16-11-2-1-3-12(8-11)17(14)15/h1-8,17H. The molecule has 2 aromatic carbocycles. The summed E-state index contributed by atoms with van der Waals surface area (Å²) >= 11 is 5.75. The lowest BCUT2D eigenvalue weighted by Crippen LogP contribution is -1.86. The number of ether oxygens (including phenoxy) is 1. The lowest BCUT2D eigenvalue weighted by atomic mass is 10.3. The Kier molecular flexibility index (Phi) is 3.66. The monoisotopic (exact) mass is 268 g/mol. The van der Waals surface area contributed by atoms with Gasteiger partial charge >= 0.3 is 0 Å². The topological polar surface area (TPSA) is 43.4 Å². The molecule has 2 aromatic rings. The lowest BCUT2D eigenvalue weighted by Gasteiger charge is -2.05. The smallest absolute Gasteiger partial charge is 0.168 e. The highest BCUT2D eigenvalue weighted by Crippen LogP contribution is 2.23. The van der Waals surface area contributed by atoms with Gasteiger partial charge in [-0.05, 0) is 42.5 Å². The van der Waals surface area contributed by atoms with Gasteiger partial charge in [0.1, 0.15) is 11.5 Å². The summed E-state index contributed by atoms with van der Waals surface area (Å²) in [4.78, 5) is 0.228. The van der Waals surface area contributed by atoms with E-state index in [-0.39, 0.29) is 4.90 Å². The van der Waals surface area contributed by atoms with Gasteiger partial charge in [0.15, 0.2) is 10.7 Å². The Morgan fingerprint density at radius 3 is 2.29 bits per heavy atom. The van der Waals surface area contributed by atoms with E-state index in [9.17, 15) is 8.42 Å². The van der Waals surface area contributed by atoms with E-state index in [1.807, 2.05) is 0 Å². The molecule has 0 unspecified atom stereocenters. The third-order valence-corrected chi connectivity index (χ3v) is 3.03. The summed E-state index contributed by atoms with van der Waals surface area (Å²) in [5.74, 6) is 1.08. The summed E-state index contributed by atoms with van der Waals surface area (Å²) < 4.78 is 27.1. The number of hydrogen-bond donors (Lipinski definition) is 1. The Bertz CT molecular complexity index is 583. The van der Waals surface area contributed by atoms with Gasteiger partial charge < -0.3 is 4.74 Å². The van der Waals surface area contributed by atoms with Gasteiger partial charge in [-0.1, -0.05) is 17.7 Å². The van der Waals surface area contributed by atoms with Crippen molar-refractivity contribution in [2.75, 3.05) is 0 Å². The SMILES string of the molecule is O=[SH](=O)c1cccc(Oc2ccc(Cl)cc2)c1. The molecular weight excluding hydrogens is 260 g/mol. The molecule has 0 aliphatic heterocycles. The first-order valence-electron chi connectivity index (χ1n) is 4.83. The van der Waals surface area contributed by atoms with Crippen molar-refractivity contribution in [3.05, 3.63) is 53.6 Å². The Morgan fingerprint density at radius 1 is 0.941 bits per heavy atom. The Morgan fingerprint density at radius 2 is 1.65 bits per heavy atom. The van der Waals surface area contributed by atoms with Crippen molar-refractivity contribution in [2.45, 2.75) is 4.90 Å². The van der Waals surface area contributed by atoms with E-state index in [2.05, 4.69) is 0 Å². The molecular formula is C12H9ClO3S. The van der Waals surface area contributed by atoms with Crippen molar-refractivity contribution < 1.29 is 13.2 Å². The molecule has 0 saturated heterocycles. The van der Waals surface area contributed by atoms with E-state index in [1.54, 1.807) is 36.4 Å². The van der Waals surface area contributed by atoms with Crippen LogP contribution in [0.25, 0.3) is 0 Å². The Balaban J connectivity index is 2.24. The molecule has 0 atom stereocenters. The number of thiol groups is 1. The molecule has 0 aliphatic rings. The largest absolute Gasteiger partial charge is 0.457 e. The fraction of sp³-hybridized carbons (Fsp3) is 0. The van der Waals surface area contributed by atoms with E-state index in [4.69, 9.17) is 16.3 Å². The van der Waals surface area contributed by atoms with Crippen molar-refractivity contribution in [1.29, 1.82) is 0 Å². The van der Waals surface area contributed by atoms with Crippen molar-refractivity contribution in [2.24, 2.45) is 0 Å². The maximum absolute atomic E-state index is 10.8. The second kappa shape index (κ2) is 5.21. The average molecular weight is 269 g/mol. The Hall–Kier alpha value is -1.52. The first-order chi connectivity index (χ1) is 8.15. The van der Waals surface area contributed by atoms with Gasteiger partial charge in [-0.3, -0.25) is 0 Å². The molecule has 0 spiro atoms. The first-order valence-corrected chi connectivity index (χ1v) is 6.38. The van der Waals surface area contributed by atoms with Crippen LogP contribution in [0.1, 0.15) is 0 Å². The predicted octanol–water partition coefficient (Wildman–Crippen LogP) is 3.10. The highest BCUT2D eigenvalue weighted by molar-refractivity contribution is 7.72. The van der Waals surface area contributed by atoms with Gasteiger partial charge in [0.25, 0.3) is 0 Å². The molecule has 0 radical (unpaired) electrons. The van der Waals surface area contributed by atoms with Crippen LogP contribution < -0.4 is 4.74 Å². The van der Waals surface area contributed by atoms with E-state index < -0.39 is 10.7 Å². The van der Waals surface area contributed by atoms with Gasteiger partial charge in [-0.25, -0.2) is 8.42 Å². The van der Waals surface area contributed by atoms with Crippen LogP contribution in [-0.2, 0) is 10.7 Å². The molecule has 0 heterocycles. The van der Waals surface area contributed by atoms with Crippen LogP contribution in [0.3, 0.4) is 0 Å². The predicted molar refractivity (Wildman–Crippen MR) is 66.5 cm³/mol. The molecule has 0 aromatic heterocycles. The zero-order chi connectivity index (χ0) is 12.3. The normalized spacial score (nSPS) is 10.5. The lowest BCUT2D eigenvalue weighted by molar-refractivity contribution is 0.481. The van der Waals surface area contributed by atoms with Crippen molar-refractivity contribution in [3.8, 4) is 11.5 Å². The molecule has 3 nitrogen and oxygen atoms in total. The zero-order valence-corrected chi connectivity index (χ0v) is 10.3. The highest BCUT2D eigenvalue weighted by atomic mass is 35.5. The molecule has 0 amide bonds. The maximum atomic E-state index is 10.8. The van der Waals surface area contributed by atoms with E-state index in [0.717, 1.165) is 0 Å². The van der Waals surface area contributed by atoms with Crippen molar-refractivity contribution in [1.82, 2.24) is 0 Å². The van der Waals surface area contributed by atoms with Crippen LogP contribution >= 0.6 is 11.6 Å². The molecule has 88 valence electrons. The van der Waals surface area contributed by atoms with Crippen LogP contribution in [0.4, 0.5) is 0 Å². The quantitative estimate of drug-likeness (QED) is 0.870.